The van der Waals surface area contributed by atoms with E-state index in [0.29, 0.717) is 0 Å². The van der Waals surface area contributed by atoms with Crippen LogP contribution in [0.5, 0.6) is 0 Å². The van der Waals surface area contributed by atoms with Crippen molar-refractivity contribution in [1.29, 1.82) is 0 Å². The molecule has 1 fully saturated rings. The van der Waals surface area contributed by atoms with E-state index in [0.717, 1.165) is 18.5 Å². The molecule has 1 heterocycles. The zero-order chi connectivity index (χ0) is 8.60. The van der Waals surface area contributed by atoms with Crippen LogP contribution in [0.2, 0.25) is 0 Å². The monoisotopic (exact) mass is 163 g/mol. The molecule has 0 bridgehead atoms. The fourth-order valence-corrected chi connectivity index (χ4v) is 1.46. The number of isocyanates is 1. The van der Waals surface area contributed by atoms with Crippen LogP contribution in [-0.2, 0) is 17.4 Å². The van der Waals surface area contributed by atoms with E-state index in [1.54, 1.807) is 17.0 Å². The van der Waals surface area contributed by atoms with Gasteiger partial charge < -0.3 is 0 Å². The Bertz CT molecular complexity index is 345. The number of hydrogen-bond acceptors (Lipinski definition) is 3. The number of carbonyl (C=O) groups excluding carboxylic acids is 1. The minimum Gasteiger partial charge on any atom is -0.270 e. The first-order valence-corrected chi connectivity index (χ1v) is 3.86. The van der Waals surface area contributed by atoms with Crippen molar-refractivity contribution >= 4 is 6.08 Å². The summed E-state index contributed by atoms with van der Waals surface area (Å²) in [4.78, 5) is 14.0. The van der Waals surface area contributed by atoms with Gasteiger partial charge in [0.1, 0.15) is 5.54 Å². The quantitative estimate of drug-likeness (QED) is 0.477. The molecular formula is C8H9N3O. The van der Waals surface area contributed by atoms with E-state index in [1.807, 2.05) is 13.1 Å². The van der Waals surface area contributed by atoms with Crippen molar-refractivity contribution < 1.29 is 4.79 Å². The lowest BCUT2D eigenvalue weighted by Gasteiger charge is -2.06. The van der Waals surface area contributed by atoms with Gasteiger partial charge in [-0.1, -0.05) is 0 Å². The highest BCUT2D eigenvalue weighted by Crippen LogP contribution is 2.48. The zero-order valence-electron chi connectivity index (χ0n) is 6.82. The minimum absolute atomic E-state index is 0.285. The highest BCUT2D eigenvalue weighted by atomic mass is 16.1. The Morgan fingerprint density at radius 2 is 2.50 bits per heavy atom. The van der Waals surface area contributed by atoms with Gasteiger partial charge in [0.15, 0.2) is 0 Å². The van der Waals surface area contributed by atoms with Crippen LogP contribution in [-0.4, -0.2) is 15.9 Å². The standard InChI is InChI=1S/C8H9N3O/c1-11-7(2-5-10-11)8(3-4-8)9-6-12/h2,5H,3-4H2,1H3. The second-order valence-electron chi connectivity index (χ2n) is 3.07. The van der Waals surface area contributed by atoms with Crippen molar-refractivity contribution in [1.82, 2.24) is 9.78 Å². The summed E-state index contributed by atoms with van der Waals surface area (Å²) in [6.45, 7) is 0. The number of aromatic nitrogens is 2. The summed E-state index contributed by atoms with van der Waals surface area (Å²) in [6, 6.07) is 1.90. The molecule has 1 saturated carbocycles. The van der Waals surface area contributed by atoms with E-state index in [2.05, 4.69) is 10.1 Å². The van der Waals surface area contributed by atoms with Gasteiger partial charge in [-0.15, -0.1) is 0 Å². The Kier molecular flexibility index (Phi) is 1.38. The predicted octanol–water partition coefficient (Wildman–Crippen LogP) is 0.745. The summed E-state index contributed by atoms with van der Waals surface area (Å²) < 4.78 is 1.76. The maximum absolute atomic E-state index is 10.1. The van der Waals surface area contributed by atoms with Crippen molar-refractivity contribution in [2.45, 2.75) is 18.4 Å². The maximum Gasteiger partial charge on any atom is 0.235 e. The van der Waals surface area contributed by atoms with Crippen LogP contribution < -0.4 is 0 Å². The molecule has 0 atom stereocenters. The third-order valence-corrected chi connectivity index (χ3v) is 2.28. The fraction of sp³-hybridized carbons (Fsp3) is 0.500. The number of hydrogen-bond donors (Lipinski definition) is 0. The first-order chi connectivity index (χ1) is 5.78. The highest BCUT2D eigenvalue weighted by molar-refractivity contribution is 5.39. The molecule has 0 spiro atoms. The lowest BCUT2D eigenvalue weighted by Crippen LogP contribution is -2.09. The second-order valence-corrected chi connectivity index (χ2v) is 3.07. The zero-order valence-corrected chi connectivity index (χ0v) is 6.82. The summed E-state index contributed by atoms with van der Waals surface area (Å²) in [5.74, 6) is 0. The predicted molar refractivity (Wildman–Crippen MR) is 42.2 cm³/mol. The van der Waals surface area contributed by atoms with Crippen molar-refractivity contribution in [3.8, 4) is 0 Å². The molecule has 0 unspecified atom stereocenters. The maximum atomic E-state index is 10.1. The van der Waals surface area contributed by atoms with Gasteiger partial charge in [-0.25, -0.2) is 4.79 Å². The Labute approximate surface area is 69.9 Å². The van der Waals surface area contributed by atoms with Gasteiger partial charge in [-0.05, 0) is 18.9 Å². The Hall–Kier alpha value is -1.41. The van der Waals surface area contributed by atoms with Crippen molar-refractivity contribution in [3.63, 3.8) is 0 Å². The summed E-state index contributed by atoms with van der Waals surface area (Å²) >= 11 is 0. The molecule has 0 aromatic carbocycles. The molecule has 0 radical (unpaired) electrons. The molecule has 62 valence electrons. The molecule has 4 nitrogen and oxygen atoms in total. The third-order valence-electron chi connectivity index (χ3n) is 2.28. The largest absolute Gasteiger partial charge is 0.270 e. The number of nitrogens with zero attached hydrogens (tertiary/aromatic N) is 3. The molecule has 0 N–H and O–H groups in total. The topological polar surface area (TPSA) is 47.2 Å². The molecule has 1 aromatic heterocycles. The molecule has 0 aliphatic heterocycles. The van der Waals surface area contributed by atoms with Crippen LogP contribution in [0.3, 0.4) is 0 Å². The van der Waals surface area contributed by atoms with Crippen LogP contribution >= 0.6 is 0 Å². The van der Waals surface area contributed by atoms with E-state index < -0.39 is 0 Å². The Morgan fingerprint density at radius 1 is 1.75 bits per heavy atom. The highest BCUT2D eigenvalue weighted by Gasteiger charge is 2.46. The van der Waals surface area contributed by atoms with Gasteiger partial charge in [0.25, 0.3) is 0 Å². The van der Waals surface area contributed by atoms with Crippen molar-refractivity contribution in [2.75, 3.05) is 0 Å². The summed E-state index contributed by atoms with van der Waals surface area (Å²) in [5.41, 5.74) is 0.721. The van der Waals surface area contributed by atoms with Crippen molar-refractivity contribution in [2.24, 2.45) is 12.0 Å². The van der Waals surface area contributed by atoms with Gasteiger partial charge >= 0.3 is 0 Å². The molecular weight excluding hydrogens is 154 g/mol. The van der Waals surface area contributed by atoms with Crippen molar-refractivity contribution in [3.05, 3.63) is 18.0 Å². The number of rotatable bonds is 2. The average Bonchev–Trinajstić information content (AvgIpc) is 2.68. The normalized spacial score (nSPS) is 18.4. The molecule has 1 aliphatic rings. The number of aliphatic imine (C=N–C) groups is 1. The lowest BCUT2D eigenvalue weighted by atomic mass is 10.2. The third kappa shape index (κ3) is 0.889. The van der Waals surface area contributed by atoms with E-state index >= 15 is 0 Å². The Balaban J connectivity index is 2.42. The summed E-state index contributed by atoms with van der Waals surface area (Å²) in [7, 11) is 1.86. The van der Waals surface area contributed by atoms with E-state index in [-0.39, 0.29) is 5.54 Å². The smallest absolute Gasteiger partial charge is 0.235 e. The van der Waals surface area contributed by atoms with Crippen LogP contribution in [0.25, 0.3) is 0 Å². The molecule has 1 aromatic rings. The van der Waals surface area contributed by atoms with Gasteiger partial charge in [-0.2, -0.15) is 10.1 Å². The Morgan fingerprint density at radius 3 is 2.92 bits per heavy atom. The van der Waals surface area contributed by atoms with Gasteiger partial charge in [0.2, 0.25) is 6.08 Å². The average molecular weight is 163 g/mol. The van der Waals surface area contributed by atoms with Crippen LogP contribution in [0.15, 0.2) is 17.3 Å². The fourth-order valence-electron chi connectivity index (χ4n) is 1.46. The first-order valence-electron chi connectivity index (χ1n) is 3.86. The molecule has 4 heteroatoms. The molecule has 1 aliphatic carbocycles. The van der Waals surface area contributed by atoms with E-state index in [9.17, 15) is 4.79 Å². The van der Waals surface area contributed by atoms with Gasteiger partial charge in [0, 0.05) is 13.2 Å². The van der Waals surface area contributed by atoms with E-state index in [1.165, 1.54) is 0 Å². The van der Waals surface area contributed by atoms with E-state index in [4.69, 9.17) is 0 Å². The molecule has 0 amide bonds. The van der Waals surface area contributed by atoms with Crippen LogP contribution in [0.4, 0.5) is 0 Å². The van der Waals surface area contributed by atoms with Crippen LogP contribution in [0, 0.1) is 0 Å². The first kappa shape index (κ1) is 7.25. The minimum atomic E-state index is -0.285. The number of aryl methyl sites for hydroxylation is 1. The molecule has 2 rings (SSSR count). The summed E-state index contributed by atoms with van der Waals surface area (Å²) in [6.07, 6.45) is 5.20. The lowest BCUT2D eigenvalue weighted by molar-refractivity contribution is 0.549. The molecule has 12 heavy (non-hydrogen) atoms. The van der Waals surface area contributed by atoms with Crippen LogP contribution in [0.1, 0.15) is 18.5 Å². The summed E-state index contributed by atoms with van der Waals surface area (Å²) in [5, 5.41) is 4.03. The van der Waals surface area contributed by atoms with Gasteiger partial charge in [-0.3, -0.25) is 4.68 Å². The molecule has 0 saturated heterocycles. The van der Waals surface area contributed by atoms with Gasteiger partial charge in [0.05, 0.1) is 5.69 Å². The second kappa shape index (κ2) is 2.29. The SMILES string of the molecule is Cn1nccc1C1(N=C=O)CC1.